The Balaban J connectivity index is 1.68. The lowest BCUT2D eigenvalue weighted by Crippen LogP contribution is -2.15. The highest BCUT2D eigenvalue weighted by Crippen LogP contribution is 2.36. The predicted molar refractivity (Wildman–Crippen MR) is 108 cm³/mol. The molecule has 3 aromatic rings. The van der Waals surface area contributed by atoms with Crippen LogP contribution in [-0.2, 0) is 9.47 Å². The lowest BCUT2D eigenvalue weighted by Gasteiger charge is -2.17. The van der Waals surface area contributed by atoms with Gasteiger partial charge in [-0.3, -0.25) is 4.98 Å². The molecule has 0 saturated carbocycles. The topological polar surface area (TPSA) is 87.9 Å². The third-order valence-electron chi connectivity index (χ3n) is 4.41. The molecule has 0 aliphatic carbocycles. The molecule has 0 fully saturated rings. The van der Waals surface area contributed by atoms with Crippen LogP contribution in [-0.4, -0.2) is 44.6 Å². The first-order valence-electron chi connectivity index (χ1n) is 9.36. The number of halogens is 1. The zero-order chi connectivity index (χ0) is 20.1. The van der Waals surface area contributed by atoms with Gasteiger partial charge in [0.25, 0.3) is 0 Å². The molecule has 0 atom stereocenters. The molecule has 1 aliphatic rings. The van der Waals surface area contributed by atoms with Gasteiger partial charge in [0.2, 0.25) is 0 Å². The summed E-state index contributed by atoms with van der Waals surface area (Å²) in [7, 11) is 0. The zero-order valence-electron chi connectivity index (χ0n) is 15.8. The number of hydrogen-bond acceptors (Lipinski definition) is 7. The van der Waals surface area contributed by atoms with Gasteiger partial charge in [0.05, 0.1) is 37.6 Å². The number of nitrogens with zero attached hydrogens (tertiary/aromatic N) is 1. The molecule has 0 spiro atoms. The lowest BCUT2D eigenvalue weighted by atomic mass is 10.1. The first-order valence-corrected chi connectivity index (χ1v) is 9.36. The van der Waals surface area contributed by atoms with Gasteiger partial charge in [-0.2, -0.15) is 0 Å². The van der Waals surface area contributed by atoms with Crippen molar-refractivity contribution < 1.29 is 23.3 Å². The fourth-order valence-electron chi connectivity index (χ4n) is 3.01. The van der Waals surface area contributed by atoms with Gasteiger partial charge in [0.1, 0.15) is 19.0 Å². The van der Waals surface area contributed by atoms with E-state index in [0.29, 0.717) is 73.7 Å². The number of hydrogen-bond donors (Lipinski definition) is 2. The van der Waals surface area contributed by atoms with Crippen molar-refractivity contribution >= 4 is 28.0 Å². The third kappa shape index (κ3) is 4.67. The number of ether oxygens (including phenoxy) is 4. The van der Waals surface area contributed by atoms with E-state index < -0.39 is 5.82 Å². The molecule has 0 unspecified atom stereocenters. The second kappa shape index (κ2) is 8.93. The minimum atomic E-state index is -0.432. The van der Waals surface area contributed by atoms with Crippen LogP contribution in [0.1, 0.15) is 0 Å². The van der Waals surface area contributed by atoms with Crippen molar-refractivity contribution in [3.05, 3.63) is 48.4 Å². The summed E-state index contributed by atoms with van der Waals surface area (Å²) >= 11 is 0. The van der Waals surface area contributed by atoms with Crippen LogP contribution in [0.2, 0.25) is 0 Å². The van der Waals surface area contributed by atoms with Crippen molar-refractivity contribution in [2.75, 3.05) is 50.7 Å². The third-order valence-corrected chi connectivity index (χ3v) is 4.41. The maximum atomic E-state index is 14.2. The molecule has 2 aromatic carbocycles. The smallest absolute Gasteiger partial charge is 0.163 e. The summed E-state index contributed by atoms with van der Waals surface area (Å²) in [6.07, 6.45) is 1.65. The fraction of sp³-hybridized carbons (Fsp3) is 0.286. The van der Waals surface area contributed by atoms with Gasteiger partial charge >= 0.3 is 0 Å². The molecule has 29 heavy (non-hydrogen) atoms. The Bertz CT molecular complexity index is 999. The van der Waals surface area contributed by atoms with Gasteiger partial charge in [0.15, 0.2) is 11.5 Å². The molecular formula is C21H22FN3O4. The Morgan fingerprint density at radius 3 is 2.24 bits per heavy atom. The number of nitrogens with two attached hydrogens (primary N) is 1. The summed E-state index contributed by atoms with van der Waals surface area (Å²) in [5.41, 5.74) is 7.70. The molecule has 152 valence electrons. The van der Waals surface area contributed by atoms with Crippen LogP contribution in [0.5, 0.6) is 11.5 Å². The average molecular weight is 399 g/mol. The summed E-state index contributed by atoms with van der Waals surface area (Å²) in [4.78, 5) is 4.41. The summed E-state index contributed by atoms with van der Waals surface area (Å²) in [5.74, 6) is 0.707. The van der Waals surface area contributed by atoms with E-state index in [-0.39, 0.29) is 0 Å². The minimum absolute atomic E-state index is 0.321. The normalized spacial score (nSPS) is 15.3. The van der Waals surface area contributed by atoms with Gasteiger partial charge in [-0.05, 0) is 30.3 Å². The van der Waals surface area contributed by atoms with Crippen molar-refractivity contribution in [2.24, 2.45) is 0 Å². The minimum Gasteiger partial charge on any atom is -0.487 e. The summed E-state index contributed by atoms with van der Waals surface area (Å²) in [6, 6.07) is 9.93. The molecule has 1 aliphatic heterocycles. The molecular weight excluding hydrogens is 377 g/mol. The summed E-state index contributed by atoms with van der Waals surface area (Å²) < 4.78 is 36.9. The molecule has 4 rings (SSSR count). The van der Waals surface area contributed by atoms with Crippen LogP contribution in [0.15, 0.2) is 42.6 Å². The monoisotopic (exact) mass is 399 g/mol. The van der Waals surface area contributed by atoms with E-state index in [0.717, 1.165) is 5.39 Å². The summed E-state index contributed by atoms with van der Waals surface area (Å²) in [5, 5.41) is 3.88. The van der Waals surface area contributed by atoms with Crippen molar-refractivity contribution in [1.82, 2.24) is 4.98 Å². The zero-order valence-corrected chi connectivity index (χ0v) is 15.8. The number of anilines is 3. The molecule has 1 aromatic heterocycles. The Hall–Kier alpha value is -3.10. The van der Waals surface area contributed by atoms with E-state index in [2.05, 4.69) is 10.3 Å². The number of fused-ring (bicyclic) bond motifs is 2. The average Bonchev–Trinajstić information content (AvgIpc) is 2.70. The molecule has 8 heteroatoms. The number of rotatable bonds is 2. The molecule has 7 nitrogen and oxygen atoms in total. The second-order valence-corrected chi connectivity index (χ2v) is 6.46. The Labute approximate surface area is 167 Å². The molecule has 0 bridgehead atoms. The van der Waals surface area contributed by atoms with Crippen molar-refractivity contribution in [2.45, 2.75) is 0 Å². The van der Waals surface area contributed by atoms with Gasteiger partial charge in [0, 0.05) is 29.0 Å². The number of nitrogen functional groups attached to an aromatic ring is 1. The molecule has 0 amide bonds. The van der Waals surface area contributed by atoms with E-state index in [1.165, 1.54) is 6.07 Å². The van der Waals surface area contributed by atoms with Crippen LogP contribution >= 0.6 is 0 Å². The highest BCUT2D eigenvalue weighted by Gasteiger charge is 2.13. The first-order chi connectivity index (χ1) is 14.2. The van der Waals surface area contributed by atoms with E-state index in [4.69, 9.17) is 24.7 Å². The Morgan fingerprint density at radius 2 is 1.52 bits per heavy atom. The number of benzene rings is 2. The van der Waals surface area contributed by atoms with Crippen LogP contribution in [0.4, 0.5) is 21.5 Å². The highest BCUT2D eigenvalue weighted by atomic mass is 19.1. The standard InChI is InChI=1S/C21H22FN3O4/c22-16-11-14(23)1-2-18(16)25-17-3-4-24-19-13-21-20(12-15(17)19)28-9-7-26-5-6-27-8-10-29-21/h1-4,11-13H,5-10,23H2,(H,24,25). The van der Waals surface area contributed by atoms with E-state index in [9.17, 15) is 4.39 Å². The Kier molecular flexibility index (Phi) is 5.92. The molecule has 3 N–H and O–H groups in total. The predicted octanol–water partition coefficient (Wildman–Crippen LogP) is 3.50. The summed E-state index contributed by atoms with van der Waals surface area (Å²) in [6.45, 7) is 2.68. The van der Waals surface area contributed by atoms with E-state index in [1.807, 2.05) is 12.1 Å². The van der Waals surface area contributed by atoms with Crippen molar-refractivity contribution in [3.63, 3.8) is 0 Å². The highest BCUT2D eigenvalue weighted by molar-refractivity contribution is 5.95. The van der Waals surface area contributed by atoms with Gasteiger partial charge in [-0.1, -0.05) is 0 Å². The Morgan fingerprint density at radius 1 is 0.828 bits per heavy atom. The van der Waals surface area contributed by atoms with Crippen LogP contribution in [0.3, 0.4) is 0 Å². The largest absolute Gasteiger partial charge is 0.487 e. The van der Waals surface area contributed by atoms with Crippen LogP contribution in [0.25, 0.3) is 10.9 Å². The van der Waals surface area contributed by atoms with Crippen molar-refractivity contribution in [1.29, 1.82) is 0 Å². The van der Waals surface area contributed by atoms with Crippen molar-refractivity contribution in [3.8, 4) is 11.5 Å². The number of pyridine rings is 1. The first kappa shape index (κ1) is 19.2. The molecule has 0 saturated heterocycles. The van der Waals surface area contributed by atoms with Gasteiger partial charge in [-0.25, -0.2) is 4.39 Å². The maximum Gasteiger partial charge on any atom is 0.163 e. The second-order valence-electron chi connectivity index (χ2n) is 6.46. The number of aromatic nitrogens is 1. The van der Waals surface area contributed by atoms with Crippen LogP contribution < -0.4 is 20.5 Å². The van der Waals surface area contributed by atoms with E-state index >= 15 is 0 Å². The SMILES string of the molecule is Nc1ccc(Nc2ccnc3cc4c(cc23)OCCOCCOCCO4)c(F)c1. The van der Waals surface area contributed by atoms with Gasteiger partial charge < -0.3 is 30.0 Å². The molecule has 2 heterocycles. The van der Waals surface area contributed by atoms with Crippen LogP contribution in [0, 0.1) is 5.82 Å². The maximum absolute atomic E-state index is 14.2. The number of nitrogens with one attached hydrogen (secondary N) is 1. The molecule has 0 radical (unpaired) electrons. The fourth-order valence-corrected chi connectivity index (χ4v) is 3.01. The quantitative estimate of drug-likeness (QED) is 0.638. The van der Waals surface area contributed by atoms with Gasteiger partial charge in [-0.15, -0.1) is 0 Å². The lowest BCUT2D eigenvalue weighted by molar-refractivity contribution is 0.0224. The van der Waals surface area contributed by atoms with E-state index in [1.54, 1.807) is 24.4 Å².